The second-order valence-electron chi connectivity index (χ2n) is 5.53. The summed E-state index contributed by atoms with van der Waals surface area (Å²) in [6.45, 7) is 4.94. The largest absolute Gasteiger partial charge is 0.376 e. The van der Waals surface area contributed by atoms with E-state index in [9.17, 15) is 9.59 Å². The molecule has 1 fully saturated rings. The van der Waals surface area contributed by atoms with E-state index in [2.05, 4.69) is 12.2 Å². The van der Waals surface area contributed by atoms with Gasteiger partial charge in [0.2, 0.25) is 11.8 Å². The van der Waals surface area contributed by atoms with E-state index in [0.29, 0.717) is 25.2 Å². The summed E-state index contributed by atoms with van der Waals surface area (Å²) in [7, 11) is 0. The number of amides is 2. The van der Waals surface area contributed by atoms with Crippen LogP contribution in [-0.4, -0.2) is 31.1 Å². The van der Waals surface area contributed by atoms with Crippen molar-refractivity contribution in [3.05, 3.63) is 0 Å². The molecule has 1 saturated carbocycles. The van der Waals surface area contributed by atoms with Crippen molar-refractivity contribution in [3.63, 3.8) is 0 Å². The molecule has 1 rings (SSSR count). The van der Waals surface area contributed by atoms with Crippen molar-refractivity contribution in [2.75, 3.05) is 13.2 Å². The number of carbonyl (C=O) groups is 2. The lowest BCUT2D eigenvalue weighted by atomic mass is 9.88. The Morgan fingerprint density at radius 2 is 2.05 bits per heavy atom. The first kappa shape index (κ1) is 16.0. The van der Waals surface area contributed by atoms with Gasteiger partial charge in [0.25, 0.3) is 0 Å². The van der Waals surface area contributed by atoms with Gasteiger partial charge in [0.1, 0.15) is 0 Å². The molecule has 1 aliphatic carbocycles. The fraction of sp³-hybridized carbons (Fsp3) is 0.857. The Labute approximate surface area is 115 Å². The summed E-state index contributed by atoms with van der Waals surface area (Å²) in [5.74, 6) is -0.349. The molecule has 110 valence electrons. The Morgan fingerprint density at radius 3 is 2.68 bits per heavy atom. The highest BCUT2D eigenvalue weighted by atomic mass is 16.5. The molecule has 0 saturated heterocycles. The van der Waals surface area contributed by atoms with E-state index in [1.807, 2.05) is 0 Å². The van der Waals surface area contributed by atoms with E-state index >= 15 is 0 Å². The van der Waals surface area contributed by atoms with Crippen LogP contribution in [0, 0.1) is 11.8 Å². The van der Waals surface area contributed by atoms with Gasteiger partial charge in [-0.2, -0.15) is 0 Å². The summed E-state index contributed by atoms with van der Waals surface area (Å²) in [6, 6.07) is 0. The predicted molar refractivity (Wildman–Crippen MR) is 73.4 cm³/mol. The van der Waals surface area contributed by atoms with E-state index in [1.165, 1.54) is 19.3 Å². The Balaban J connectivity index is 2.12. The molecule has 0 aliphatic heterocycles. The van der Waals surface area contributed by atoms with E-state index < -0.39 is 5.91 Å². The average molecular weight is 270 g/mol. The molecule has 3 N–H and O–H groups in total. The van der Waals surface area contributed by atoms with E-state index in [4.69, 9.17) is 10.5 Å². The van der Waals surface area contributed by atoms with E-state index in [-0.39, 0.29) is 18.2 Å². The van der Waals surface area contributed by atoms with Crippen molar-refractivity contribution in [3.8, 4) is 0 Å². The van der Waals surface area contributed by atoms with Crippen molar-refractivity contribution in [1.82, 2.24) is 5.32 Å². The third-order valence-corrected chi connectivity index (χ3v) is 3.72. The lowest BCUT2D eigenvalue weighted by molar-refractivity contribution is -0.128. The summed E-state index contributed by atoms with van der Waals surface area (Å²) in [4.78, 5) is 22.3. The molecule has 0 radical (unpaired) electrons. The van der Waals surface area contributed by atoms with Crippen LogP contribution >= 0.6 is 0 Å². The van der Waals surface area contributed by atoms with Crippen LogP contribution in [0.25, 0.3) is 0 Å². The minimum absolute atomic E-state index is 0.0896. The number of primary amides is 1. The standard InChI is InChI=1S/C14H26N2O3/c1-10-5-3-4-6-12(10)19-8-7-16-14(18)11(2)9-13(15)17/h10-12H,3-9H2,1-2H3,(H2,15,17)(H,16,18)/t10-,11+,12-/m0/s1. The fourth-order valence-electron chi connectivity index (χ4n) is 2.48. The molecule has 5 heteroatoms. The third kappa shape index (κ3) is 6.05. The van der Waals surface area contributed by atoms with Crippen molar-refractivity contribution in [2.24, 2.45) is 17.6 Å². The fourth-order valence-corrected chi connectivity index (χ4v) is 2.48. The summed E-state index contributed by atoms with van der Waals surface area (Å²) in [6.07, 6.45) is 5.29. The van der Waals surface area contributed by atoms with Crippen LogP contribution in [0.3, 0.4) is 0 Å². The van der Waals surface area contributed by atoms with Gasteiger partial charge in [-0.05, 0) is 18.8 Å². The zero-order chi connectivity index (χ0) is 14.3. The van der Waals surface area contributed by atoms with Crippen LogP contribution in [0.4, 0.5) is 0 Å². The molecule has 1 aliphatic rings. The summed E-state index contributed by atoms with van der Waals surface area (Å²) < 4.78 is 5.80. The maximum absolute atomic E-state index is 11.6. The predicted octanol–water partition coefficient (Wildman–Crippen LogP) is 1.21. The molecule has 2 amide bonds. The minimum atomic E-state index is -0.449. The molecule has 0 aromatic rings. The molecule has 0 unspecified atom stereocenters. The summed E-state index contributed by atoms with van der Waals surface area (Å²) in [5, 5.41) is 2.77. The Kier molecular flexibility index (Phi) is 6.84. The molecule has 0 aromatic carbocycles. The average Bonchev–Trinajstić information content (AvgIpc) is 2.35. The molecule has 0 aromatic heterocycles. The molecular formula is C14H26N2O3. The van der Waals surface area contributed by atoms with E-state index in [0.717, 1.165) is 6.42 Å². The number of hydrogen-bond donors (Lipinski definition) is 2. The van der Waals surface area contributed by atoms with Crippen molar-refractivity contribution in [1.29, 1.82) is 0 Å². The van der Waals surface area contributed by atoms with Crippen molar-refractivity contribution in [2.45, 2.75) is 52.1 Å². The first-order chi connectivity index (χ1) is 9.00. The van der Waals surface area contributed by atoms with Crippen LogP contribution in [0.5, 0.6) is 0 Å². The first-order valence-corrected chi connectivity index (χ1v) is 7.18. The van der Waals surface area contributed by atoms with Gasteiger partial charge in [-0.15, -0.1) is 0 Å². The number of rotatable bonds is 7. The number of nitrogens with one attached hydrogen (secondary N) is 1. The molecule has 19 heavy (non-hydrogen) atoms. The number of ether oxygens (including phenoxy) is 1. The monoisotopic (exact) mass is 270 g/mol. The number of carbonyl (C=O) groups excluding carboxylic acids is 2. The highest BCUT2D eigenvalue weighted by Crippen LogP contribution is 2.25. The second kappa shape index (κ2) is 8.15. The lowest BCUT2D eigenvalue weighted by Crippen LogP contribution is -2.35. The van der Waals surface area contributed by atoms with Gasteiger partial charge in [0.15, 0.2) is 0 Å². The highest BCUT2D eigenvalue weighted by molar-refractivity contribution is 5.84. The van der Waals surface area contributed by atoms with Crippen molar-refractivity contribution < 1.29 is 14.3 Å². The van der Waals surface area contributed by atoms with Gasteiger partial charge >= 0.3 is 0 Å². The minimum Gasteiger partial charge on any atom is -0.376 e. The summed E-state index contributed by atoms with van der Waals surface area (Å²) in [5.41, 5.74) is 5.06. The van der Waals surface area contributed by atoms with Gasteiger partial charge in [0.05, 0.1) is 12.7 Å². The van der Waals surface area contributed by atoms with Gasteiger partial charge in [-0.25, -0.2) is 0 Å². The van der Waals surface area contributed by atoms with Gasteiger partial charge < -0.3 is 15.8 Å². The molecule has 0 bridgehead atoms. The van der Waals surface area contributed by atoms with Gasteiger partial charge in [-0.1, -0.05) is 26.7 Å². The van der Waals surface area contributed by atoms with Crippen LogP contribution < -0.4 is 11.1 Å². The van der Waals surface area contributed by atoms with Crippen LogP contribution in [0.15, 0.2) is 0 Å². The molecular weight excluding hydrogens is 244 g/mol. The molecule has 0 spiro atoms. The van der Waals surface area contributed by atoms with Crippen LogP contribution in [-0.2, 0) is 14.3 Å². The molecule has 5 nitrogen and oxygen atoms in total. The summed E-state index contributed by atoms with van der Waals surface area (Å²) >= 11 is 0. The van der Waals surface area contributed by atoms with Crippen molar-refractivity contribution >= 4 is 11.8 Å². The normalized spacial score (nSPS) is 24.7. The SMILES string of the molecule is C[C@H](CC(N)=O)C(=O)NCCO[C@H]1CCCC[C@@H]1C. The first-order valence-electron chi connectivity index (χ1n) is 7.18. The topological polar surface area (TPSA) is 81.4 Å². The lowest BCUT2D eigenvalue weighted by Gasteiger charge is -2.28. The maximum atomic E-state index is 11.6. The number of hydrogen-bond acceptors (Lipinski definition) is 3. The second-order valence-corrected chi connectivity index (χ2v) is 5.53. The smallest absolute Gasteiger partial charge is 0.223 e. The van der Waals surface area contributed by atoms with Gasteiger partial charge in [0, 0.05) is 18.9 Å². The Hall–Kier alpha value is -1.10. The highest BCUT2D eigenvalue weighted by Gasteiger charge is 2.21. The zero-order valence-corrected chi connectivity index (χ0v) is 12.0. The quantitative estimate of drug-likeness (QED) is 0.682. The Bertz CT molecular complexity index is 307. The van der Waals surface area contributed by atoms with Gasteiger partial charge in [-0.3, -0.25) is 9.59 Å². The van der Waals surface area contributed by atoms with Crippen LogP contribution in [0.2, 0.25) is 0 Å². The third-order valence-electron chi connectivity index (χ3n) is 3.72. The number of nitrogens with two attached hydrogens (primary N) is 1. The Morgan fingerprint density at radius 1 is 1.37 bits per heavy atom. The zero-order valence-electron chi connectivity index (χ0n) is 12.0. The van der Waals surface area contributed by atoms with Crippen LogP contribution in [0.1, 0.15) is 46.0 Å². The molecule has 0 heterocycles. The maximum Gasteiger partial charge on any atom is 0.223 e. The van der Waals surface area contributed by atoms with E-state index in [1.54, 1.807) is 6.92 Å². The molecule has 3 atom stereocenters.